The number of nitrogens with zero attached hydrogens (tertiary/aromatic N) is 1. The summed E-state index contributed by atoms with van der Waals surface area (Å²) in [6.07, 6.45) is 0.575. The van der Waals surface area contributed by atoms with E-state index in [1.54, 1.807) is 37.4 Å². The van der Waals surface area contributed by atoms with Crippen LogP contribution in [0.1, 0.15) is 16.8 Å². The molecule has 0 aliphatic carbocycles. The van der Waals surface area contributed by atoms with Crippen LogP contribution in [-0.4, -0.2) is 44.9 Å². The number of halogens is 1. The smallest absolute Gasteiger partial charge is 0.255 e. The average Bonchev–Trinajstić information content (AvgIpc) is 3.12. The number of methoxy groups -OCH3 is 1. The Morgan fingerprint density at radius 3 is 2.69 bits per heavy atom. The standard InChI is InChI=1S/C18H19BrN2O4S/c1-25-16-8-9-21(12-16)26(23,24)17-7-2-4-13(10-17)18(22)20-15-6-3-5-14(19)11-15/h2-7,10-11,16H,8-9,12H2,1H3,(H,20,22). The number of carbonyl (C=O) groups is 1. The second kappa shape index (κ2) is 7.87. The lowest BCUT2D eigenvalue weighted by molar-refractivity contribution is 0.102. The van der Waals surface area contributed by atoms with Crippen molar-refractivity contribution in [2.24, 2.45) is 0 Å². The summed E-state index contributed by atoms with van der Waals surface area (Å²) >= 11 is 3.35. The van der Waals surface area contributed by atoms with E-state index < -0.39 is 10.0 Å². The second-order valence-electron chi connectivity index (χ2n) is 6.00. The summed E-state index contributed by atoms with van der Waals surface area (Å²) in [5, 5.41) is 2.77. The van der Waals surface area contributed by atoms with E-state index in [4.69, 9.17) is 4.74 Å². The first kappa shape index (κ1) is 19.0. The van der Waals surface area contributed by atoms with Crippen LogP contribution in [0.5, 0.6) is 0 Å². The summed E-state index contributed by atoms with van der Waals surface area (Å²) < 4.78 is 33.1. The van der Waals surface area contributed by atoms with E-state index in [0.29, 0.717) is 25.2 Å². The molecule has 1 heterocycles. The molecular weight excluding hydrogens is 420 g/mol. The molecule has 1 N–H and O–H groups in total. The largest absolute Gasteiger partial charge is 0.380 e. The maximum Gasteiger partial charge on any atom is 0.255 e. The third kappa shape index (κ3) is 4.15. The zero-order valence-corrected chi connectivity index (χ0v) is 16.6. The number of amides is 1. The summed E-state index contributed by atoms with van der Waals surface area (Å²) in [4.78, 5) is 12.6. The highest BCUT2D eigenvalue weighted by Crippen LogP contribution is 2.23. The normalized spacial score (nSPS) is 18.0. The highest BCUT2D eigenvalue weighted by molar-refractivity contribution is 9.10. The second-order valence-corrected chi connectivity index (χ2v) is 8.86. The van der Waals surface area contributed by atoms with E-state index >= 15 is 0 Å². The van der Waals surface area contributed by atoms with Crippen LogP contribution in [0.4, 0.5) is 5.69 Å². The first-order chi connectivity index (χ1) is 12.4. The van der Waals surface area contributed by atoms with E-state index in [0.717, 1.165) is 4.47 Å². The van der Waals surface area contributed by atoms with Gasteiger partial charge in [0.1, 0.15) is 0 Å². The van der Waals surface area contributed by atoms with Crippen molar-refractivity contribution in [2.75, 3.05) is 25.5 Å². The maximum atomic E-state index is 12.8. The molecule has 0 radical (unpaired) electrons. The van der Waals surface area contributed by atoms with Crippen molar-refractivity contribution in [1.82, 2.24) is 4.31 Å². The van der Waals surface area contributed by atoms with Crippen LogP contribution < -0.4 is 5.32 Å². The van der Waals surface area contributed by atoms with E-state index in [-0.39, 0.29) is 22.5 Å². The molecule has 1 amide bonds. The Hall–Kier alpha value is -1.74. The Bertz CT molecular complexity index is 917. The number of ether oxygens (including phenoxy) is 1. The number of hydrogen-bond acceptors (Lipinski definition) is 4. The average molecular weight is 439 g/mol. The molecule has 8 heteroatoms. The Kier molecular flexibility index (Phi) is 5.76. The van der Waals surface area contributed by atoms with Crippen molar-refractivity contribution < 1.29 is 17.9 Å². The van der Waals surface area contributed by atoms with Gasteiger partial charge in [0.2, 0.25) is 10.0 Å². The van der Waals surface area contributed by atoms with E-state index in [2.05, 4.69) is 21.2 Å². The van der Waals surface area contributed by atoms with E-state index in [9.17, 15) is 13.2 Å². The molecule has 2 aromatic carbocycles. The van der Waals surface area contributed by atoms with Gasteiger partial charge in [-0.05, 0) is 42.8 Å². The van der Waals surface area contributed by atoms with Gasteiger partial charge >= 0.3 is 0 Å². The van der Waals surface area contributed by atoms with Gasteiger partial charge in [-0.25, -0.2) is 8.42 Å². The van der Waals surface area contributed by atoms with E-state index in [1.807, 2.05) is 6.07 Å². The molecule has 6 nitrogen and oxygen atoms in total. The Balaban J connectivity index is 1.80. The molecule has 2 aromatic rings. The molecule has 0 spiro atoms. The summed E-state index contributed by atoms with van der Waals surface area (Å²) in [7, 11) is -2.07. The van der Waals surface area contributed by atoms with Gasteiger partial charge in [-0.15, -0.1) is 0 Å². The number of sulfonamides is 1. The van der Waals surface area contributed by atoms with E-state index in [1.165, 1.54) is 16.4 Å². The zero-order chi connectivity index (χ0) is 18.7. The monoisotopic (exact) mass is 438 g/mol. The van der Waals surface area contributed by atoms with Gasteiger partial charge in [-0.3, -0.25) is 4.79 Å². The Morgan fingerprint density at radius 2 is 2.00 bits per heavy atom. The van der Waals surface area contributed by atoms with Gasteiger partial charge in [-0.2, -0.15) is 4.31 Å². The van der Waals surface area contributed by atoms with Crippen molar-refractivity contribution in [3.63, 3.8) is 0 Å². The first-order valence-corrected chi connectivity index (χ1v) is 10.3. The lowest BCUT2D eigenvalue weighted by Gasteiger charge is -2.16. The minimum Gasteiger partial charge on any atom is -0.380 e. The zero-order valence-electron chi connectivity index (χ0n) is 14.2. The lowest BCUT2D eigenvalue weighted by atomic mass is 10.2. The molecule has 1 saturated heterocycles. The summed E-state index contributed by atoms with van der Waals surface area (Å²) in [5.74, 6) is -0.365. The molecule has 1 aliphatic heterocycles. The quantitative estimate of drug-likeness (QED) is 0.777. The van der Waals surface area contributed by atoms with Gasteiger partial charge < -0.3 is 10.1 Å². The van der Waals surface area contributed by atoms with Crippen molar-refractivity contribution in [3.8, 4) is 0 Å². The maximum absolute atomic E-state index is 12.8. The van der Waals surface area contributed by atoms with Gasteiger partial charge in [0, 0.05) is 35.9 Å². The molecule has 138 valence electrons. The van der Waals surface area contributed by atoms with Crippen LogP contribution in [0.2, 0.25) is 0 Å². The Morgan fingerprint density at radius 1 is 1.23 bits per heavy atom. The molecule has 1 aliphatic rings. The summed E-state index contributed by atoms with van der Waals surface area (Å²) in [5.41, 5.74) is 0.911. The van der Waals surface area contributed by atoms with Crippen LogP contribution in [-0.2, 0) is 14.8 Å². The van der Waals surface area contributed by atoms with Crippen LogP contribution in [0.15, 0.2) is 57.9 Å². The highest BCUT2D eigenvalue weighted by atomic mass is 79.9. The molecular formula is C18H19BrN2O4S. The van der Waals surface area contributed by atoms with Crippen LogP contribution in [0, 0.1) is 0 Å². The number of carbonyl (C=O) groups excluding carboxylic acids is 1. The Labute approximate surface area is 161 Å². The molecule has 0 aromatic heterocycles. The molecule has 1 unspecified atom stereocenters. The fraction of sp³-hybridized carbons (Fsp3) is 0.278. The van der Waals surface area contributed by atoms with Crippen LogP contribution in [0.25, 0.3) is 0 Å². The SMILES string of the molecule is COC1CCN(S(=O)(=O)c2cccc(C(=O)Nc3cccc(Br)c3)c2)C1. The minimum absolute atomic E-state index is 0.0900. The fourth-order valence-electron chi connectivity index (χ4n) is 2.82. The first-order valence-electron chi connectivity index (χ1n) is 8.10. The number of hydrogen-bond donors (Lipinski definition) is 1. The molecule has 1 atom stereocenters. The number of benzene rings is 2. The predicted molar refractivity (Wildman–Crippen MR) is 103 cm³/mol. The van der Waals surface area contributed by atoms with Gasteiger partial charge in [-0.1, -0.05) is 28.1 Å². The summed E-state index contributed by atoms with van der Waals surface area (Å²) in [6, 6.07) is 13.3. The predicted octanol–water partition coefficient (Wildman–Crippen LogP) is 3.11. The molecule has 0 saturated carbocycles. The lowest BCUT2D eigenvalue weighted by Crippen LogP contribution is -2.30. The van der Waals surface area contributed by atoms with Crippen molar-refractivity contribution >= 4 is 37.5 Å². The van der Waals surface area contributed by atoms with Gasteiger partial charge in [0.15, 0.2) is 0 Å². The van der Waals surface area contributed by atoms with Gasteiger partial charge in [0.05, 0.1) is 11.0 Å². The molecule has 0 bridgehead atoms. The van der Waals surface area contributed by atoms with Crippen LogP contribution in [0.3, 0.4) is 0 Å². The highest BCUT2D eigenvalue weighted by Gasteiger charge is 2.32. The van der Waals surface area contributed by atoms with Gasteiger partial charge in [0.25, 0.3) is 5.91 Å². The van der Waals surface area contributed by atoms with Crippen molar-refractivity contribution in [2.45, 2.75) is 17.4 Å². The number of nitrogens with one attached hydrogen (secondary N) is 1. The van der Waals surface area contributed by atoms with Crippen LogP contribution >= 0.6 is 15.9 Å². The third-order valence-corrected chi connectivity index (χ3v) is 6.61. The molecule has 3 rings (SSSR count). The third-order valence-electron chi connectivity index (χ3n) is 4.26. The fourth-order valence-corrected chi connectivity index (χ4v) is 4.76. The number of anilines is 1. The molecule has 1 fully saturated rings. The van der Waals surface area contributed by atoms with Crippen molar-refractivity contribution in [1.29, 1.82) is 0 Å². The summed E-state index contributed by atoms with van der Waals surface area (Å²) in [6.45, 7) is 0.739. The topological polar surface area (TPSA) is 75.7 Å². The molecule has 26 heavy (non-hydrogen) atoms. The van der Waals surface area contributed by atoms with Crippen molar-refractivity contribution in [3.05, 3.63) is 58.6 Å². The minimum atomic E-state index is -3.65. The number of rotatable bonds is 5.